The van der Waals surface area contributed by atoms with Gasteiger partial charge in [-0.2, -0.15) is 0 Å². The van der Waals surface area contributed by atoms with Crippen LogP contribution in [-0.4, -0.2) is 9.78 Å². The monoisotopic (exact) mass is 107 g/mol. The van der Waals surface area contributed by atoms with Crippen LogP contribution < -0.4 is 0 Å². The normalized spacial score (nSPS) is 8.50. The Bertz CT molecular complexity index is 218. The first-order chi connectivity index (χ1) is 3.83. The van der Waals surface area contributed by atoms with E-state index in [1.807, 2.05) is 0 Å². The van der Waals surface area contributed by atoms with E-state index in [0.29, 0.717) is 5.82 Å². The molecule has 0 spiro atoms. The molecule has 0 fully saturated rings. The van der Waals surface area contributed by atoms with Gasteiger partial charge in [-0.1, -0.05) is 6.57 Å². The lowest BCUT2D eigenvalue weighted by Crippen LogP contribution is -1.84. The zero-order valence-corrected chi connectivity index (χ0v) is 4.50. The van der Waals surface area contributed by atoms with Crippen LogP contribution in [0.4, 0.5) is 5.82 Å². The van der Waals surface area contributed by atoms with Gasteiger partial charge in [-0.25, -0.2) is 4.68 Å². The number of nitrogens with zero attached hydrogens (tertiary/aromatic N) is 3. The quantitative estimate of drug-likeness (QED) is 0.453. The molecule has 0 unspecified atom stereocenters. The highest BCUT2D eigenvalue weighted by molar-refractivity contribution is 5.32. The summed E-state index contributed by atoms with van der Waals surface area (Å²) < 4.78 is 1.60. The molecule has 40 valence electrons. The van der Waals surface area contributed by atoms with E-state index in [1.54, 1.807) is 24.0 Å². The van der Waals surface area contributed by atoms with Crippen molar-refractivity contribution in [3.05, 3.63) is 23.7 Å². The Morgan fingerprint density at radius 1 is 1.88 bits per heavy atom. The van der Waals surface area contributed by atoms with E-state index in [2.05, 4.69) is 9.94 Å². The molecule has 0 aliphatic rings. The SMILES string of the molecule is [C-]#[N+]c1ccn(C)n1. The average molecular weight is 107 g/mol. The predicted molar refractivity (Wildman–Crippen MR) is 29.5 cm³/mol. The second-order valence-corrected chi connectivity index (χ2v) is 1.46. The van der Waals surface area contributed by atoms with Gasteiger partial charge in [0.1, 0.15) is 0 Å². The summed E-state index contributed by atoms with van der Waals surface area (Å²) in [7, 11) is 1.79. The molecule has 1 heterocycles. The maximum Gasteiger partial charge on any atom is 0.295 e. The summed E-state index contributed by atoms with van der Waals surface area (Å²) in [5.41, 5.74) is 0. The minimum atomic E-state index is 0.451. The van der Waals surface area contributed by atoms with Crippen molar-refractivity contribution in [2.24, 2.45) is 7.05 Å². The molecule has 0 aliphatic heterocycles. The highest BCUT2D eigenvalue weighted by Gasteiger charge is 1.91. The average Bonchev–Trinajstić information content (AvgIpc) is 2.14. The third-order valence-electron chi connectivity index (χ3n) is 0.814. The van der Waals surface area contributed by atoms with Gasteiger partial charge in [-0.3, -0.25) is 0 Å². The first kappa shape index (κ1) is 4.85. The van der Waals surface area contributed by atoms with Gasteiger partial charge in [-0.05, 0) is 11.2 Å². The smallest absolute Gasteiger partial charge is 0.295 e. The highest BCUT2D eigenvalue weighted by Crippen LogP contribution is 2.03. The maximum atomic E-state index is 6.51. The van der Waals surface area contributed by atoms with Gasteiger partial charge in [0.05, 0.1) is 0 Å². The molecule has 0 bridgehead atoms. The Hall–Kier alpha value is -1.30. The van der Waals surface area contributed by atoms with Crippen LogP contribution in [0.3, 0.4) is 0 Å². The molecular weight excluding hydrogens is 102 g/mol. The summed E-state index contributed by atoms with van der Waals surface area (Å²) in [6.45, 7) is 6.51. The summed E-state index contributed by atoms with van der Waals surface area (Å²) in [6, 6.07) is 1.67. The molecule has 0 aromatic carbocycles. The predicted octanol–water partition coefficient (Wildman–Crippen LogP) is 0.971. The van der Waals surface area contributed by atoms with E-state index >= 15 is 0 Å². The van der Waals surface area contributed by atoms with Crippen molar-refractivity contribution in [2.45, 2.75) is 0 Å². The van der Waals surface area contributed by atoms with Crippen LogP contribution in [0.1, 0.15) is 0 Å². The Balaban J connectivity index is 3.05. The molecule has 1 aromatic heterocycles. The van der Waals surface area contributed by atoms with E-state index < -0.39 is 0 Å². The molecule has 3 heteroatoms. The van der Waals surface area contributed by atoms with Crippen molar-refractivity contribution in [2.75, 3.05) is 0 Å². The largest absolute Gasteiger partial charge is 0.359 e. The first-order valence-electron chi connectivity index (χ1n) is 2.20. The maximum absolute atomic E-state index is 6.51. The summed E-state index contributed by atoms with van der Waals surface area (Å²) in [5, 5.41) is 3.79. The zero-order valence-electron chi connectivity index (χ0n) is 4.50. The fourth-order valence-electron chi connectivity index (χ4n) is 0.462. The number of aromatic nitrogens is 2. The van der Waals surface area contributed by atoms with Crippen LogP contribution in [0.5, 0.6) is 0 Å². The summed E-state index contributed by atoms with van der Waals surface area (Å²) in [4.78, 5) is 3.11. The molecule has 1 aromatic rings. The second-order valence-electron chi connectivity index (χ2n) is 1.46. The lowest BCUT2D eigenvalue weighted by molar-refractivity contribution is 0.773. The van der Waals surface area contributed by atoms with E-state index in [-0.39, 0.29) is 0 Å². The van der Waals surface area contributed by atoms with Crippen molar-refractivity contribution < 1.29 is 0 Å². The Kier molecular flexibility index (Phi) is 1.01. The molecule has 0 N–H and O–H groups in total. The van der Waals surface area contributed by atoms with Gasteiger partial charge in [0.2, 0.25) is 0 Å². The minimum absolute atomic E-state index is 0.451. The topological polar surface area (TPSA) is 22.2 Å². The standard InChI is InChI=1S/C5H5N3/c1-6-5-3-4-8(2)7-5/h3-4H,2H3. The Labute approximate surface area is 47.4 Å². The number of rotatable bonds is 0. The molecule has 3 nitrogen and oxygen atoms in total. The molecule has 0 radical (unpaired) electrons. The molecule has 0 saturated heterocycles. The Morgan fingerprint density at radius 2 is 2.62 bits per heavy atom. The van der Waals surface area contributed by atoms with Crippen LogP contribution in [0.2, 0.25) is 0 Å². The van der Waals surface area contributed by atoms with Crippen molar-refractivity contribution in [3.63, 3.8) is 0 Å². The number of aryl methyl sites for hydroxylation is 1. The lowest BCUT2D eigenvalue weighted by atomic mass is 10.7. The van der Waals surface area contributed by atoms with Gasteiger partial charge < -0.3 is 4.85 Å². The summed E-state index contributed by atoms with van der Waals surface area (Å²) in [6.07, 6.45) is 1.74. The minimum Gasteiger partial charge on any atom is -0.359 e. The van der Waals surface area contributed by atoms with Crippen molar-refractivity contribution in [3.8, 4) is 0 Å². The van der Waals surface area contributed by atoms with Crippen LogP contribution in [0.15, 0.2) is 12.3 Å². The van der Waals surface area contributed by atoms with Crippen LogP contribution in [0.25, 0.3) is 4.85 Å². The number of hydrogen-bond acceptors (Lipinski definition) is 1. The third kappa shape index (κ3) is 0.684. The van der Waals surface area contributed by atoms with Crippen LogP contribution in [0, 0.1) is 6.57 Å². The highest BCUT2D eigenvalue weighted by atomic mass is 15.3. The van der Waals surface area contributed by atoms with Gasteiger partial charge in [0.25, 0.3) is 5.82 Å². The lowest BCUT2D eigenvalue weighted by Gasteiger charge is -1.73. The van der Waals surface area contributed by atoms with E-state index in [1.165, 1.54) is 0 Å². The molecule has 0 amide bonds. The zero-order chi connectivity index (χ0) is 5.98. The molecule has 0 atom stereocenters. The fourth-order valence-corrected chi connectivity index (χ4v) is 0.462. The van der Waals surface area contributed by atoms with Crippen LogP contribution >= 0.6 is 0 Å². The number of hydrogen-bond donors (Lipinski definition) is 0. The van der Waals surface area contributed by atoms with Gasteiger partial charge >= 0.3 is 0 Å². The second kappa shape index (κ2) is 1.66. The molecule has 1 rings (SSSR count). The summed E-state index contributed by atoms with van der Waals surface area (Å²) in [5.74, 6) is 0.451. The van der Waals surface area contributed by atoms with Gasteiger partial charge in [0, 0.05) is 13.2 Å². The van der Waals surface area contributed by atoms with E-state index in [0.717, 1.165) is 0 Å². The fraction of sp³-hybridized carbons (Fsp3) is 0.200. The van der Waals surface area contributed by atoms with Crippen molar-refractivity contribution in [1.29, 1.82) is 0 Å². The molecular formula is C5H5N3. The van der Waals surface area contributed by atoms with Crippen molar-refractivity contribution >= 4 is 5.82 Å². The summed E-state index contributed by atoms with van der Waals surface area (Å²) >= 11 is 0. The van der Waals surface area contributed by atoms with Gasteiger partial charge in [0.15, 0.2) is 0 Å². The molecule has 8 heavy (non-hydrogen) atoms. The first-order valence-corrected chi connectivity index (χ1v) is 2.20. The molecule has 0 saturated carbocycles. The van der Waals surface area contributed by atoms with E-state index in [9.17, 15) is 0 Å². The van der Waals surface area contributed by atoms with Crippen molar-refractivity contribution in [1.82, 2.24) is 9.78 Å². The van der Waals surface area contributed by atoms with Crippen LogP contribution in [-0.2, 0) is 7.05 Å². The third-order valence-corrected chi connectivity index (χ3v) is 0.814. The van der Waals surface area contributed by atoms with Gasteiger partial charge in [-0.15, -0.1) is 0 Å². The molecule has 0 aliphatic carbocycles. The van der Waals surface area contributed by atoms with E-state index in [4.69, 9.17) is 6.57 Å². The Morgan fingerprint density at radius 3 is 2.88 bits per heavy atom.